The number of anilines is 1. The molecule has 1 aromatic carbocycles. The molecule has 7 nitrogen and oxygen atoms in total. The second-order valence-electron chi connectivity index (χ2n) is 7.53. The average Bonchev–Trinajstić information content (AvgIpc) is 2.98. The zero-order valence-corrected chi connectivity index (χ0v) is 15.9. The van der Waals surface area contributed by atoms with Crippen LogP contribution in [0.3, 0.4) is 0 Å². The fourth-order valence-corrected chi connectivity index (χ4v) is 4.22. The SMILES string of the molecule is Cn1nc2n(c1=O)C[C@H](C(=O)NCCCN1CCCc3ccccc31)CC2. The van der Waals surface area contributed by atoms with Gasteiger partial charge in [0.25, 0.3) is 0 Å². The summed E-state index contributed by atoms with van der Waals surface area (Å²) in [6.45, 7) is 3.14. The fraction of sp³-hybridized carbons (Fsp3) is 0.550. The summed E-state index contributed by atoms with van der Waals surface area (Å²) in [5, 5.41) is 7.28. The number of fused-ring (bicyclic) bond motifs is 2. The Kier molecular flexibility index (Phi) is 5.01. The first-order valence-electron chi connectivity index (χ1n) is 9.87. The molecule has 3 heterocycles. The average molecular weight is 369 g/mol. The van der Waals surface area contributed by atoms with Gasteiger partial charge in [-0.15, -0.1) is 0 Å². The van der Waals surface area contributed by atoms with Gasteiger partial charge in [0.05, 0.1) is 5.92 Å². The van der Waals surface area contributed by atoms with Crippen LogP contribution in [0.1, 0.15) is 30.7 Å². The highest BCUT2D eigenvalue weighted by Crippen LogP contribution is 2.26. The minimum Gasteiger partial charge on any atom is -0.371 e. The van der Waals surface area contributed by atoms with Gasteiger partial charge >= 0.3 is 5.69 Å². The van der Waals surface area contributed by atoms with Crippen molar-refractivity contribution in [2.75, 3.05) is 24.5 Å². The maximum atomic E-state index is 12.5. The van der Waals surface area contributed by atoms with Gasteiger partial charge in [0.1, 0.15) is 5.82 Å². The highest BCUT2D eigenvalue weighted by Gasteiger charge is 2.27. The van der Waals surface area contributed by atoms with Crippen LogP contribution >= 0.6 is 0 Å². The molecular formula is C20H27N5O2. The normalized spacial score (nSPS) is 18.7. The monoisotopic (exact) mass is 369 g/mol. The predicted molar refractivity (Wildman–Crippen MR) is 104 cm³/mol. The maximum absolute atomic E-state index is 12.5. The zero-order chi connectivity index (χ0) is 18.8. The molecule has 1 atom stereocenters. The molecule has 1 N–H and O–H groups in total. The summed E-state index contributed by atoms with van der Waals surface area (Å²) in [6.07, 6.45) is 4.69. The van der Waals surface area contributed by atoms with Crippen molar-refractivity contribution in [3.8, 4) is 0 Å². The standard InChI is InChI=1S/C20H27N5O2/c1-23-20(27)25-14-16(9-10-18(25)22-23)19(26)21-11-5-13-24-12-4-7-15-6-2-3-8-17(15)24/h2-3,6,8,16H,4-5,7,9-14H2,1H3,(H,21,26)/t16-/m1/s1. The molecule has 144 valence electrons. The first kappa shape index (κ1) is 17.8. The Morgan fingerprint density at radius 3 is 3.04 bits per heavy atom. The number of carbonyl (C=O) groups is 1. The Morgan fingerprint density at radius 2 is 2.15 bits per heavy atom. The van der Waals surface area contributed by atoms with E-state index in [9.17, 15) is 9.59 Å². The van der Waals surface area contributed by atoms with E-state index in [2.05, 4.69) is 39.6 Å². The van der Waals surface area contributed by atoms with Crippen LogP contribution in [0.2, 0.25) is 0 Å². The summed E-state index contributed by atoms with van der Waals surface area (Å²) in [4.78, 5) is 27.0. The molecule has 2 aliphatic heterocycles. The van der Waals surface area contributed by atoms with Crippen molar-refractivity contribution in [3.63, 3.8) is 0 Å². The molecule has 0 radical (unpaired) electrons. The second-order valence-corrected chi connectivity index (χ2v) is 7.53. The number of benzene rings is 1. The van der Waals surface area contributed by atoms with Gasteiger partial charge in [-0.3, -0.25) is 9.36 Å². The Labute approximate surface area is 159 Å². The van der Waals surface area contributed by atoms with E-state index >= 15 is 0 Å². The predicted octanol–water partition coefficient (Wildman–Crippen LogP) is 1.10. The zero-order valence-electron chi connectivity index (χ0n) is 15.9. The molecule has 7 heteroatoms. The van der Waals surface area contributed by atoms with E-state index in [1.165, 1.54) is 22.4 Å². The second kappa shape index (κ2) is 7.58. The van der Waals surface area contributed by atoms with Gasteiger partial charge in [0.15, 0.2) is 0 Å². The van der Waals surface area contributed by atoms with Crippen molar-refractivity contribution in [3.05, 3.63) is 46.1 Å². The Morgan fingerprint density at radius 1 is 1.30 bits per heavy atom. The lowest BCUT2D eigenvalue weighted by Crippen LogP contribution is -2.40. The number of carbonyl (C=O) groups excluding carboxylic acids is 1. The van der Waals surface area contributed by atoms with Gasteiger partial charge in [-0.05, 0) is 37.3 Å². The number of hydrogen-bond acceptors (Lipinski definition) is 4. The minimum atomic E-state index is -0.143. The van der Waals surface area contributed by atoms with Crippen molar-refractivity contribution >= 4 is 11.6 Å². The molecule has 0 fully saturated rings. The quantitative estimate of drug-likeness (QED) is 0.802. The third kappa shape index (κ3) is 3.63. The van der Waals surface area contributed by atoms with Gasteiger partial charge in [-0.2, -0.15) is 5.10 Å². The molecule has 2 aromatic rings. The van der Waals surface area contributed by atoms with Crippen LogP contribution in [0.25, 0.3) is 0 Å². The van der Waals surface area contributed by atoms with Crippen LogP contribution in [-0.4, -0.2) is 39.9 Å². The summed E-state index contributed by atoms with van der Waals surface area (Å²) in [5.74, 6) is 0.695. The van der Waals surface area contributed by atoms with Gasteiger partial charge in [0, 0.05) is 45.3 Å². The Hall–Kier alpha value is -2.57. The Balaban J connectivity index is 1.26. The van der Waals surface area contributed by atoms with E-state index in [4.69, 9.17) is 0 Å². The lowest BCUT2D eigenvalue weighted by atomic mass is 9.98. The number of nitrogens with zero attached hydrogens (tertiary/aromatic N) is 4. The van der Waals surface area contributed by atoms with E-state index in [0.29, 0.717) is 19.5 Å². The van der Waals surface area contributed by atoms with E-state index < -0.39 is 0 Å². The highest BCUT2D eigenvalue weighted by atomic mass is 16.2. The number of rotatable bonds is 5. The molecule has 4 rings (SSSR count). The van der Waals surface area contributed by atoms with Crippen LogP contribution in [0.15, 0.2) is 29.1 Å². The first-order valence-corrected chi connectivity index (χ1v) is 9.87. The van der Waals surface area contributed by atoms with E-state index in [0.717, 1.165) is 38.2 Å². The van der Waals surface area contributed by atoms with Crippen LogP contribution in [0.5, 0.6) is 0 Å². The third-order valence-electron chi connectivity index (χ3n) is 5.69. The van der Waals surface area contributed by atoms with Crippen molar-refractivity contribution in [1.82, 2.24) is 19.7 Å². The van der Waals surface area contributed by atoms with Crippen LogP contribution in [0, 0.1) is 5.92 Å². The fourth-order valence-electron chi connectivity index (χ4n) is 4.22. The summed E-state index contributed by atoms with van der Waals surface area (Å²) in [6, 6.07) is 8.60. The van der Waals surface area contributed by atoms with Crippen molar-refractivity contribution < 1.29 is 4.79 Å². The molecular weight excluding hydrogens is 342 g/mol. The molecule has 0 bridgehead atoms. The Bertz CT molecular complexity index is 885. The molecule has 2 aliphatic rings. The largest absolute Gasteiger partial charge is 0.371 e. The molecule has 0 saturated heterocycles. The molecule has 0 unspecified atom stereocenters. The van der Waals surface area contributed by atoms with Crippen molar-refractivity contribution in [1.29, 1.82) is 0 Å². The maximum Gasteiger partial charge on any atom is 0.345 e. The highest BCUT2D eigenvalue weighted by molar-refractivity contribution is 5.78. The van der Waals surface area contributed by atoms with Crippen molar-refractivity contribution in [2.45, 2.75) is 38.6 Å². The number of aryl methyl sites for hydroxylation is 3. The van der Waals surface area contributed by atoms with Gasteiger partial charge in [-0.1, -0.05) is 18.2 Å². The topological polar surface area (TPSA) is 72.2 Å². The molecule has 27 heavy (non-hydrogen) atoms. The van der Waals surface area contributed by atoms with E-state index in [1.807, 2.05) is 0 Å². The number of hydrogen-bond donors (Lipinski definition) is 1. The molecule has 1 amide bonds. The van der Waals surface area contributed by atoms with Crippen LogP contribution < -0.4 is 15.9 Å². The smallest absolute Gasteiger partial charge is 0.345 e. The number of para-hydroxylation sites is 1. The summed E-state index contributed by atoms with van der Waals surface area (Å²) >= 11 is 0. The van der Waals surface area contributed by atoms with Gasteiger partial charge < -0.3 is 10.2 Å². The van der Waals surface area contributed by atoms with Gasteiger partial charge in [0.2, 0.25) is 5.91 Å². The summed E-state index contributed by atoms with van der Waals surface area (Å²) in [5.41, 5.74) is 2.63. The summed E-state index contributed by atoms with van der Waals surface area (Å²) < 4.78 is 2.99. The molecule has 0 spiro atoms. The van der Waals surface area contributed by atoms with Crippen LogP contribution in [-0.2, 0) is 31.2 Å². The molecule has 1 aromatic heterocycles. The third-order valence-corrected chi connectivity index (χ3v) is 5.69. The molecule has 0 aliphatic carbocycles. The van der Waals surface area contributed by atoms with Crippen LogP contribution in [0.4, 0.5) is 5.69 Å². The van der Waals surface area contributed by atoms with E-state index in [-0.39, 0.29) is 17.5 Å². The lowest BCUT2D eigenvalue weighted by Gasteiger charge is -2.31. The first-order chi connectivity index (χ1) is 13.1. The van der Waals surface area contributed by atoms with Crippen molar-refractivity contribution in [2.24, 2.45) is 13.0 Å². The summed E-state index contributed by atoms with van der Waals surface area (Å²) in [7, 11) is 1.65. The van der Waals surface area contributed by atoms with Gasteiger partial charge in [-0.25, -0.2) is 9.48 Å². The number of amides is 1. The number of nitrogens with one attached hydrogen (secondary N) is 1. The molecule has 0 saturated carbocycles. The minimum absolute atomic E-state index is 0.0513. The van der Waals surface area contributed by atoms with E-state index in [1.54, 1.807) is 11.6 Å². The number of aromatic nitrogens is 3. The lowest BCUT2D eigenvalue weighted by molar-refractivity contribution is -0.125.